The molecule has 1 aliphatic heterocycles. The van der Waals surface area contributed by atoms with Crippen LogP contribution in [-0.2, 0) is 4.74 Å². The molecule has 1 aliphatic rings. The van der Waals surface area contributed by atoms with Gasteiger partial charge < -0.3 is 9.64 Å². The van der Waals surface area contributed by atoms with Gasteiger partial charge in [0.25, 0.3) is 0 Å². The highest BCUT2D eigenvalue weighted by molar-refractivity contribution is 5.39. The Kier molecular flexibility index (Phi) is 2.68. The van der Waals surface area contributed by atoms with E-state index in [9.17, 15) is 0 Å². The number of hydrogen-bond donors (Lipinski definition) is 0. The molecule has 1 aromatic heterocycles. The molecule has 0 aliphatic carbocycles. The molecule has 3 heteroatoms. The van der Waals surface area contributed by atoms with Crippen LogP contribution < -0.4 is 4.90 Å². The maximum atomic E-state index is 5.49. The molecule has 1 fully saturated rings. The predicted molar refractivity (Wildman–Crippen MR) is 56.6 cm³/mol. The molecule has 3 nitrogen and oxygen atoms in total. The Bertz CT molecular complexity index is 314. The summed E-state index contributed by atoms with van der Waals surface area (Å²) in [7, 11) is 0. The number of morpholine rings is 1. The zero-order chi connectivity index (χ0) is 9.97. The summed E-state index contributed by atoms with van der Waals surface area (Å²) in [5.74, 6) is 1.07. The van der Waals surface area contributed by atoms with Crippen molar-refractivity contribution in [2.75, 3.05) is 24.6 Å². The lowest BCUT2D eigenvalue weighted by atomic mass is 10.3. The Balaban J connectivity index is 2.14. The second-order valence-corrected chi connectivity index (χ2v) is 3.76. The zero-order valence-corrected chi connectivity index (χ0v) is 8.73. The van der Waals surface area contributed by atoms with E-state index >= 15 is 0 Å². The Labute approximate surface area is 84.7 Å². The van der Waals surface area contributed by atoms with Crippen LogP contribution in [0.2, 0.25) is 0 Å². The maximum absolute atomic E-state index is 5.49. The van der Waals surface area contributed by atoms with Crippen LogP contribution >= 0.6 is 0 Å². The third-order valence-corrected chi connectivity index (χ3v) is 2.44. The van der Waals surface area contributed by atoms with Gasteiger partial charge >= 0.3 is 0 Å². The number of aromatic nitrogens is 1. The number of pyridine rings is 1. The van der Waals surface area contributed by atoms with Gasteiger partial charge in [0, 0.05) is 18.8 Å². The average molecular weight is 192 g/mol. The van der Waals surface area contributed by atoms with Gasteiger partial charge in [-0.2, -0.15) is 0 Å². The van der Waals surface area contributed by atoms with Crippen molar-refractivity contribution in [1.29, 1.82) is 0 Å². The number of anilines is 1. The fourth-order valence-electron chi connectivity index (χ4n) is 1.73. The molecule has 0 saturated carbocycles. The van der Waals surface area contributed by atoms with Crippen molar-refractivity contribution in [2.45, 2.75) is 20.0 Å². The summed E-state index contributed by atoms with van der Waals surface area (Å²) in [5, 5.41) is 0. The average Bonchev–Trinajstić information content (AvgIpc) is 2.18. The molecule has 1 atom stereocenters. The van der Waals surface area contributed by atoms with Crippen molar-refractivity contribution >= 4 is 5.82 Å². The van der Waals surface area contributed by atoms with Crippen LogP contribution in [0, 0.1) is 6.92 Å². The topological polar surface area (TPSA) is 25.4 Å². The number of rotatable bonds is 1. The Morgan fingerprint density at radius 3 is 3.07 bits per heavy atom. The first-order valence-corrected chi connectivity index (χ1v) is 5.06. The highest BCUT2D eigenvalue weighted by Gasteiger charge is 2.17. The Hall–Kier alpha value is -1.09. The number of nitrogens with zero attached hydrogens (tertiary/aromatic N) is 2. The summed E-state index contributed by atoms with van der Waals surface area (Å²) in [6.45, 7) is 6.81. The van der Waals surface area contributed by atoms with Gasteiger partial charge in [0.1, 0.15) is 5.82 Å². The van der Waals surface area contributed by atoms with Gasteiger partial charge in [-0.15, -0.1) is 0 Å². The molecular weight excluding hydrogens is 176 g/mol. The van der Waals surface area contributed by atoms with Crippen molar-refractivity contribution < 1.29 is 4.74 Å². The first-order chi connectivity index (χ1) is 6.75. The van der Waals surface area contributed by atoms with Crippen molar-refractivity contribution in [3.63, 3.8) is 0 Å². The first kappa shape index (κ1) is 9.46. The molecule has 0 bridgehead atoms. The Morgan fingerprint density at radius 2 is 2.36 bits per heavy atom. The van der Waals surface area contributed by atoms with Crippen LogP contribution in [-0.4, -0.2) is 30.8 Å². The second kappa shape index (κ2) is 3.96. The minimum Gasteiger partial charge on any atom is -0.375 e. The zero-order valence-electron chi connectivity index (χ0n) is 8.73. The molecule has 2 rings (SSSR count). The summed E-state index contributed by atoms with van der Waals surface area (Å²) in [4.78, 5) is 6.78. The summed E-state index contributed by atoms with van der Waals surface area (Å²) >= 11 is 0. The highest BCUT2D eigenvalue weighted by atomic mass is 16.5. The molecule has 1 saturated heterocycles. The minimum atomic E-state index is 0.311. The van der Waals surface area contributed by atoms with Crippen molar-refractivity contribution in [3.8, 4) is 0 Å². The minimum absolute atomic E-state index is 0.311. The van der Waals surface area contributed by atoms with Crippen molar-refractivity contribution in [3.05, 3.63) is 23.9 Å². The van der Waals surface area contributed by atoms with Gasteiger partial charge in [-0.1, -0.05) is 6.07 Å². The van der Waals surface area contributed by atoms with E-state index in [1.807, 2.05) is 13.0 Å². The SMILES string of the molecule is Cc1cccc(N2CCOC(C)C2)n1. The third-order valence-electron chi connectivity index (χ3n) is 2.44. The smallest absolute Gasteiger partial charge is 0.128 e. The number of hydrogen-bond acceptors (Lipinski definition) is 3. The molecule has 0 spiro atoms. The molecule has 1 unspecified atom stereocenters. The molecule has 76 valence electrons. The summed E-state index contributed by atoms with van der Waals surface area (Å²) in [6.07, 6.45) is 0.311. The van der Waals surface area contributed by atoms with Crippen LogP contribution in [0.1, 0.15) is 12.6 Å². The molecule has 14 heavy (non-hydrogen) atoms. The van der Waals surface area contributed by atoms with Gasteiger partial charge in [0.15, 0.2) is 0 Å². The fourth-order valence-corrected chi connectivity index (χ4v) is 1.73. The van der Waals surface area contributed by atoms with E-state index in [-0.39, 0.29) is 0 Å². The molecular formula is C11H16N2O. The van der Waals surface area contributed by atoms with Gasteiger partial charge in [-0.05, 0) is 26.0 Å². The molecule has 0 amide bonds. The quantitative estimate of drug-likeness (QED) is 0.676. The van der Waals surface area contributed by atoms with E-state index in [4.69, 9.17) is 4.74 Å². The number of ether oxygens (including phenoxy) is 1. The lowest BCUT2D eigenvalue weighted by Gasteiger charge is -2.32. The number of aryl methyl sites for hydroxylation is 1. The Morgan fingerprint density at radius 1 is 1.50 bits per heavy atom. The summed E-state index contributed by atoms with van der Waals surface area (Å²) in [6, 6.07) is 6.14. The third kappa shape index (κ3) is 2.04. The molecule has 0 N–H and O–H groups in total. The lowest BCUT2D eigenvalue weighted by Crippen LogP contribution is -2.41. The van der Waals surface area contributed by atoms with Gasteiger partial charge in [0.2, 0.25) is 0 Å². The van der Waals surface area contributed by atoms with Crippen molar-refractivity contribution in [1.82, 2.24) is 4.98 Å². The fraction of sp³-hybridized carbons (Fsp3) is 0.545. The maximum Gasteiger partial charge on any atom is 0.128 e. The van der Waals surface area contributed by atoms with Crippen molar-refractivity contribution in [2.24, 2.45) is 0 Å². The molecule has 2 heterocycles. The van der Waals surface area contributed by atoms with Gasteiger partial charge in [-0.25, -0.2) is 4.98 Å². The molecule has 1 aromatic rings. The van der Waals surface area contributed by atoms with E-state index in [1.165, 1.54) is 0 Å². The van der Waals surface area contributed by atoms with Gasteiger partial charge in [-0.3, -0.25) is 0 Å². The van der Waals surface area contributed by atoms with Crippen LogP contribution in [0.15, 0.2) is 18.2 Å². The summed E-state index contributed by atoms with van der Waals surface area (Å²) < 4.78 is 5.49. The van der Waals surface area contributed by atoms with E-state index < -0.39 is 0 Å². The monoisotopic (exact) mass is 192 g/mol. The highest BCUT2D eigenvalue weighted by Crippen LogP contribution is 2.14. The molecule has 0 aromatic carbocycles. The van der Waals surface area contributed by atoms with E-state index in [0.717, 1.165) is 31.2 Å². The summed E-state index contributed by atoms with van der Waals surface area (Å²) in [5.41, 5.74) is 1.07. The van der Waals surface area contributed by atoms with E-state index in [2.05, 4.69) is 28.9 Å². The van der Waals surface area contributed by atoms with Gasteiger partial charge in [0.05, 0.1) is 12.7 Å². The predicted octanol–water partition coefficient (Wildman–Crippen LogP) is 1.62. The van der Waals surface area contributed by atoms with Crippen LogP contribution in [0.4, 0.5) is 5.82 Å². The molecule has 0 radical (unpaired) electrons. The standard InChI is InChI=1S/C11H16N2O/c1-9-4-3-5-11(12-9)13-6-7-14-10(2)8-13/h3-5,10H,6-8H2,1-2H3. The largest absolute Gasteiger partial charge is 0.375 e. The van der Waals surface area contributed by atoms with E-state index in [0.29, 0.717) is 6.10 Å². The second-order valence-electron chi connectivity index (χ2n) is 3.76. The van der Waals surface area contributed by atoms with Crippen LogP contribution in [0.25, 0.3) is 0 Å². The first-order valence-electron chi connectivity index (χ1n) is 5.06. The lowest BCUT2D eigenvalue weighted by molar-refractivity contribution is 0.0529. The normalized spacial score (nSPS) is 22.4. The van der Waals surface area contributed by atoms with Crippen LogP contribution in [0.3, 0.4) is 0 Å². The van der Waals surface area contributed by atoms with Crippen LogP contribution in [0.5, 0.6) is 0 Å². The van der Waals surface area contributed by atoms with E-state index in [1.54, 1.807) is 0 Å².